The summed E-state index contributed by atoms with van der Waals surface area (Å²) in [4.78, 5) is 2.36. The van der Waals surface area contributed by atoms with Crippen LogP contribution in [0.3, 0.4) is 0 Å². The zero-order valence-corrected chi connectivity index (χ0v) is 8.50. The number of hydrogen-bond donors (Lipinski definition) is 0. The van der Waals surface area contributed by atoms with Crippen molar-refractivity contribution >= 4 is 7.05 Å². The lowest BCUT2D eigenvalue weighted by atomic mass is 9.81. The van der Waals surface area contributed by atoms with Crippen molar-refractivity contribution in [1.82, 2.24) is 4.81 Å². The molecule has 3 heteroatoms. The largest absolute Gasteiger partial charge is 0.418 e. The Morgan fingerprint density at radius 1 is 1.67 bits per heavy atom. The highest BCUT2D eigenvalue weighted by molar-refractivity contribution is 6.56. The quantitative estimate of drug-likeness (QED) is 0.593. The van der Waals surface area contributed by atoms with E-state index >= 15 is 0 Å². The fraction of sp³-hybridized carbons (Fsp3) is 0.778. The van der Waals surface area contributed by atoms with Gasteiger partial charge >= 0.3 is 7.05 Å². The second-order valence-corrected chi connectivity index (χ2v) is 3.63. The Bertz CT molecular complexity index is 179. The van der Waals surface area contributed by atoms with Crippen molar-refractivity contribution in [3.63, 3.8) is 0 Å². The Balaban J connectivity index is 2.55. The van der Waals surface area contributed by atoms with Gasteiger partial charge in [-0.15, -0.1) is 0 Å². The van der Waals surface area contributed by atoms with Gasteiger partial charge in [0.1, 0.15) is 0 Å². The minimum absolute atomic E-state index is 0.218. The van der Waals surface area contributed by atoms with Crippen molar-refractivity contribution < 1.29 is 4.65 Å². The summed E-state index contributed by atoms with van der Waals surface area (Å²) < 4.78 is 5.60. The van der Waals surface area contributed by atoms with Crippen molar-refractivity contribution in [3.05, 3.63) is 11.5 Å². The van der Waals surface area contributed by atoms with E-state index in [9.17, 15) is 0 Å². The molecule has 1 heterocycles. The van der Waals surface area contributed by atoms with Crippen LogP contribution in [0.1, 0.15) is 27.7 Å². The lowest BCUT2D eigenvalue weighted by Gasteiger charge is -2.25. The predicted molar refractivity (Wildman–Crippen MR) is 53.0 cm³/mol. The highest BCUT2D eigenvalue weighted by Gasteiger charge is 2.30. The molecule has 0 radical (unpaired) electrons. The van der Waals surface area contributed by atoms with E-state index in [2.05, 4.69) is 31.6 Å². The Morgan fingerprint density at radius 2 is 2.33 bits per heavy atom. The van der Waals surface area contributed by atoms with Gasteiger partial charge in [0.2, 0.25) is 0 Å². The third-order valence-corrected chi connectivity index (χ3v) is 2.19. The summed E-state index contributed by atoms with van der Waals surface area (Å²) >= 11 is 0. The molecule has 0 unspecified atom stereocenters. The van der Waals surface area contributed by atoms with E-state index in [-0.39, 0.29) is 7.05 Å². The molecule has 0 saturated heterocycles. The average molecular weight is 167 g/mol. The third kappa shape index (κ3) is 2.11. The van der Waals surface area contributed by atoms with E-state index in [1.807, 2.05) is 6.92 Å². The van der Waals surface area contributed by atoms with Gasteiger partial charge in [-0.2, -0.15) is 0 Å². The average Bonchev–Trinajstić information content (AvgIpc) is 2.32. The molecule has 2 nitrogen and oxygen atoms in total. The minimum Gasteiger partial charge on any atom is -0.418 e. The van der Waals surface area contributed by atoms with Crippen molar-refractivity contribution in [3.8, 4) is 0 Å². The fourth-order valence-electron chi connectivity index (χ4n) is 1.56. The van der Waals surface area contributed by atoms with E-state index in [1.165, 1.54) is 5.57 Å². The molecule has 1 aliphatic heterocycles. The van der Waals surface area contributed by atoms with Gasteiger partial charge in [-0.1, -0.05) is 25.4 Å². The molecular formula is C9H18BNO. The van der Waals surface area contributed by atoms with Crippen molar-refractivity contribution in [2.75, 3.05) is 13.2 Å². The summed E-state index contributed by atoms with van der Waals surface area (Å²) in [5, 5.41) is 0. The van der Waals surface area contributed by atoms with Crippen LogP contribution < -0.4 is 0 Å². The summed E-state index contributed by atoms with van der Waals surface area (Å²) in [6.07, 6.45) is 0. The van der Waals surface area contributed by atoms with Gasteiger partial charge in [0, 0.05) is 13.2 Å². The lowest BCUT2D eigenvalue weighted by Crippen LogP contribution is -2.41. The Labute approximate surface area is 75.7 Å². The lowest BCUT2D eigenvalue weighted by molar-refractivity contribution is 0.273. The first-order valence-electron chi connectivity index (χ1n) is 4.69. The molecule has 0 amide bonds. The van der Waals surface area contributed by atoms with E-state index in [0.29, 0.717) is 6.04 Å². The van der Waals surface area contributed by atoms with E-state index < -0.39 is 0 Å². The molecule has 12 heavy (non-hydrogen) atoms. The maximum atomic E-state index is 5.60. The summed E-state index contributed by atoms with van der Waals surface area (Å²) in [7, 11) is 0.218. The second-order valence-electron chi connectivity index (χ2n) is 3.63. The van der Waals surface area contributed by atoms with Gasteiger partial charge < -0.3 is 9.47 Å². The second kappa shape index (κ2) is 4.10. The Hall–Kier alpha value is -0.275. The van der Waals surface area contributed by atoms with Gasteiger partial charge in [0.25, 0.3) is 0 Å². The van der Waals surface area contributed by atoms with Crippen molar-refractivity contribution in [2.45, 2.75) is 33.7 Å². The molecule has 0 aromatic carbocycles. The van der Waals surface area contributed by atoms with Gasteiger partial charge in [-0.05, 0) is 19.9 Å². The topological polar surface area (TPSA) is 12.5 Å². The summed E-state index contributed by atoms with van der Waals surface area (Å²) in [5.74, 6) is 2.21. The molecule has 68 valence electrons. The Morgan fingerprint density at radius 3 is 2.83 bits per heavy atom. The molecule has 0 spiro atoms. The van der Waals surface area contributed by atoms with Gasteiger partial charge in [-0.25, -0.2) is 0 Å². The van der Waals surface area contributed by atoms with E-state index in [0.717, 1.165) is 13.2 Å². The molecule has 0 saturated carbocycles. The standard InChI is InChI=1S/C9H18BNO/c1-5-12-10-6-9(4)7-11(10)8(2)3/h6,8H,5,7H2,1-4H3. The molecule has 0 fully saturated rings. The van der Waals surface area contributed by atoms with Crippen LogP contribution in [0.4, 0.5) is 0 Å². The number of rotatable bonds is 3. The van der Waals surface area contributed by atoms with Crippen LogP contribution in [0.15, 0.2) is 11.5 Å². The molecule has 0 aromatic rings. The van der Waals surface area contributed by atoms with Crippen molar-refractivity contribution in [2.24, 2.45) is 0 Å². The normalized spacial score (nSPS) is 19.1. The minimum atomic E-state index is 0.218. The number of nitrogens with zero attached hydrogens (tertiary/aromatic N) is 1. The first-order valence-corrected chi connectivity index (χ1v) is 4.69. The summed E-state index contributed by atoms with van der Waals surface area (Å²) in [6, 6.07) is 0.565. The summed E-state index contributed by atoms with van der Waals surface area (Å²) in [6.45, 7) is 10.5. The molecule has 0 atom stereocenters. The molecule has 0 aromatic heterocycles. The van der Waals surface area contributed by atoms with E-state index in [4.69, 9.17) is 4.65 Å². The highest BCUT2D eigenvalue weighted by Crippen LogP contribution is 2.16. The molecule has 0 N–H and O–H groups in total. The molecule has 0 bridgehead atoms. The zero-order valence-electron chi connectivity index (χ0n) is 8.50. The maximum absolute atomic E-state index is 5.60. The highest BCUT2D eigenvalue weighted by atomic mass is 16.4. The summed E-state index contributed by atoms with van der Waals surface area (Å²) in [5.41, 5.74) is 1.42. The smallest absolute Gasteiger partial charge is 0.411 e. The first kappa shape index (κ1) is 9.81. The van der Waals surface area contributed by atoms with Gasteiger partial charge in [-0.3, -0.25) is 0 Å². The van der Waals surface area contributed by atoms with Gasteiger partial charge in [0.05, 0.1) is 0 Å². The zero-order chi connectivity index (χ0) is 9.14. The Kier molecular flexibility index (Phi) is 3.35. The molecule has 1 aliphatic rings. The van der Waals surface area contributed by atoms with Crippen molar-refractivity contribution in [1.29, 1.82) is 0 Å². The van der Waals surface area contributed by atoms with Crippen LogP contribution in [-0.2, 0) is 4.65 Å². The van der Waals surface area contributed by atoms with Crippen LogP contribution in [0.25, 0.3) is 0 Å². The van der Waals surface area contributed by atoms with Crippen LogP contribution in [-0.4, -0.2) is 31.1 Å². The number of hydrogen-bond acceptors (Lipinski definition) is 2. The first-order chi connectivity index (χ1) is 5.65. The van der Waals surface area contributed by atoms with Gasteiger partial charge in [0.15, 0.2) is 0 Å². The third-order valence-electron chi connectivity index (χ3n) is 2.19. The van der Waals surface area contributed by atoms with Crippen LogP contribution in [0.2, 0.25) is 0 Å². The molecule has 1 rings (SSSR count). The van der Waals surface area contributed by atoms with Crippen LogP contribution in [0, 0.1) is 0 Å². The molecule has 0 aliphatic carbocycles. The van der Waals surface area contributed by atoms with E-state index in [1.54, 1.807) is 0 Å². The SMILES string of the molecule is CCOB1C=C(C)CN1C(C)C. The predicted octanol–water partition coefficient (Wildman–Crippen LogP) is 1.72. The monoisotopic (exact) mass is 167 g/mol. The van der Waals surface area contributed by atoms with Crippen LogP contribution in [0.5, 0.6) is 0 Å². The fourth-order valence-corrected chi connectivity index (χ4v) is 1.56. The maximum Gasteiger partial charge on any atom is 0.411 e. The van der Waals surface area contributed by atoms with Crippen LogP contribution >= 0.6 is 0 Å². The molecular weight excluding hydrogens is 149 g/mol.